The highest BCUT2D eigenvalue weighted by Gasteiger charge is 2.31. The smallest absolute Gasteiger partial charge is 0.154 e. The second-order valence-corrected chi connectivity index (χ2v) is 8.75. The molecule has 0 atom stereocenters. The second-order valence-electron chi connectivity index (χ2n) is 6.10. The molecule has 1 aliphatic carbocycles. The molecule has 20 heavy (non-hydrogen) atoms. The van der Waals surface area contributed by atoms with Crippen molar-refractivity contribution in [1.82, 2.24) is 9.97 Å². The van der Waals surface area contributed by atoms with E-state index in [4.69, 9.17) is 5.73 Å². The molecule has 112 valence electrons. The number of nitrogen functional groups attached to an aromatic ring is 1. The van der Waals surface area contributed by atoms with Gasteiger partial charge in [0.2, 0.25) is 0 Å². The number of aromatic nitrogens is 2. The molecular weight excluding hydrogens is 276 g/mol. The largest absolute Gasteiger partial charge is 0.383 e. The van der Waals surface area contributed by atoms with Crippen LogP contribution in [0.25, 0.3) is 0 Å². The molecule has 1 aromatic rings. The van der Waals surface area contributed by atoms with Gasteiger partial charge in [-0.05, 0) is 33.6 Å². The lowest BCUT2D eigenvalue weighted by Crippen LogP contribution is -2.38. The summed E-state index contributed by atoms with van der Waals surface area (Å²) in [7, 11) is -3.15. The van der Waals surface area contributed by atoms with Crippen LogP contribution in [0.15, 0.2) is 0 Å². The molecule has 0 radical (unpaired) electrons. The van der Waals surface area contributed by atoms with Crippen LogP contribution in [0, 0.1) is 6.92 Å². The summed E-state index contributed by atoms with van der Waals surface area (Å²) in [6.45, 7) is 5.50. The molecule has 2 rings (SSSR count). The van der Waals surface area contributed by atoms with E-state index < -0.39 is 14.6 Å². The van der Waals surface area contributed by atoms with Crippen LogP contribution in [0.4, 0.5) is 11.6 Å². The SMILES string of the molecule is Cc1c(N)nc(C2CC2)nc1NCC(C)(C)S(C)(=O)=O. The summed E-state index contributed by atoms with van der Waals surface area (Å²) in [5.74, 6) is 2.26. The molecule has 0 amide bonds. The van der Waals surface area contributed by atoms with E-state index in [2.05, 4.69) is 15.3 Å². The van der Waals surface area contributed by atoms with Gasteiger partial charge in [-0.3, -0.25) is 0 Å². The molecule has 0 aromatic carbocycles. The summed E-state index contributed by atoms with van der Waals surface area (Å²) in [5.41, 5.74) is 6.67. The number of hydrogen-bond donors (Lipinski definition) is 2. The predicted octanol–water partition coefficient (Wildman–Crippen LogP) is 1.48. The van der Waals surface area contributed by atoms with Gasteiger partial charge in [0.05, 0.1) is 4.75 Å². The number of sulfone groups is 1. The fraction of sp³-hybridized carbons (Fsp3) is 0.692. The van der Waals surface area contributed by atoms with Gasteiger partial charge in [0.1, 0.15) is 17.5 Å². The summed E-state index contributed by atoms with van der Waals surface area (Å²) < 4.78 is 22.6. The third kappa shape index (κ3) is 3.03. The molecule has 1 fully saturated rings. The van der Waals surface area contributed by atoms with Crippen LogP contribution in [0.2, 0.25) is 0 Å². The molecule has 1 aliphatic rings. The zero-order chi connectivity index (χ0) is 15.1. The highest BCUT2D eigenvalue weighted by atomic mass is 32.2. The monoisotopic (exact) mass is 298 g/mol. The highest BCUT2D eigenvalue weighted by Crippen LogP contribution is 2.39. The first-order valence-electron chi connectivity index (χ1n) is 6.69. The Balaban J connectivity index is 2.21. The number of nitrogens with two attached hydrogens (primary N) is 1. The first-order chi connectivity index (χ1) is 9.12. The Labute approximate surface area is 120 Å². The first-order valence-corrected chi connectivity index (χ1v) is 8.58. The maximum atomic E-state index is 11.7. The molecule has 3 N–H and O–H groups in total. The van der Waals surface area contributed by atoms with Gasteiger partial charge in [0.25, 0.3) is 0 Å². The minimum Gasteiger partial charge on any atom is -0.383 e. The summed E-state index contributed by atoms with van der Waals surface area (Å²) in [6, 6.07) is 0. The molecule has 6 nitrogen and oxygen atoms in total. The molecule has 7 heteroatoms. The van der Waals surface area contributed by atoms with Crippen molar-refractivity contribution in [2.45, 2.75) is 44.3 Å². The van der Waals surface area contributed by atoms with E-state index in [9.17, 15) is 8.42 Å². The summed E-state index contributed by atoms with van der Waals surface area (Å²) in [5, 5.41) is 3.11. The standard InChI is InChI=1S/C13H22N4O2S/c1-8-10(14)16-12(9-5-6-9)17-11(8)15-7-13(2,3)20(4,18)19/h9H,5-7H2,1-4H3,(H3,14,15,16,17). The van der Waals surface area contributed by atoms with Crippen molar-refractivity contribution < 1.29 is 8.42 Å². The summed E-state index contributed by atoms with van der Waals surface area (Å²) in [4.78, 5) is 8.78. The van der Waals surface area contributed by atoms with E-state index in [-0.39, 0.29) is 6.54 Å². The number of nitrogens with one attached hydrogen (secondary N) is 1. The van der Waals surface area contributed by atoms with Crippen molar-refractivity contribution in [2.24, 2.45) is 0 Å². The van der Waals surface area contributed by atoms with E-state index in [0.29, 0.717) is 17.6 Å². The van der Waals surface area contributed by atoms with Crippen LogP contribution in [0.3, 0.4) is 0 Å². The lowest BCUT2D eigenvalue weighted by atomic mass is 10.2. The molecule has 1 saturated carbocycles. The molecule has 0 unspecified atom stereocenters. The van der Waals surface area contributed by atoms with Crippen molar-refractivity contribution in [3.05, 3.63) is 11.4 Å². The van der Waals surface area contributed by atoms with Crippen molar-refractivity contribution in [3.63, 3.8) is 0 Å². The Morgan fingerprint density at radius 3 is 2.45 bits per heavy atom. The van der Waals surface area contributed by atoms with E-state index in [1.165, 1.54) is 6.26 Å². The maximum absolute atomic E-state index is 11.7. The Morgan fingerprint density at radius 2 is 1.95 bits per heavy atom. The third-order valence-corrected chi connectivity index (χ3v) is 5.98. The zero-order valence-electron chi connectivity index (χ0n) is 12.4. The van der Waals surface area contributed by atoms with Crippen molar-refractivity contribution in [1.29, 1.82) is 0 Å². The van der Waals surface area contributed by atoms with E-state index in [1.807, 2.05) is 6.92 Å². The molecule has 1 heterocycles. The Kier molecular flexibility index (Phi) is 3.66. The third-order valence-electron chi connectivity index (χ3n) is 3.83. The lowest BCUT2D eigenvalue weighted by Gasteiger charge is -2.23. The van der Waals surface area contributed by atoms with Crippen LogP contribution in [-0.4, -0.2) is 35.9 Å². The van der Waals surface area contributed by atoms with Crippen LogP contribution < -0.4 is 11.1 Å². The molecule has 0 bridgehead atoms. The fourth-order valence-electron chi connectivity index (χ4n) is 1.68. The minimum absolute atomic E-state index is 0.285. The van der Waals surface area contributed by atoms with Crippen molar-refractivity contribution in [2.75, 3.05) is 23.9 Å². The maximum Gasteiger partial charge on any atom is 0.154 e. The van der Waals surface area contributed by atoms with Gasteiger partial charge < -0.3 is 11.1 Å². The quantitative estimate of drug-likeness (QED) is 0.854. The van der Waals surface area contributed by atoms with E-state index in [1.54, 1.807) is 13.8 Å². The predicted molar refractivity (Wildman–Crippen MR) is 80.6 cm³/mol. The molecule has 1 aromatic heterocycles. The Hall–Kier alpha value is -1.37. The number of nitrogens with zero attached hydrogens (tertiary/aromatic N) is 2. The average molecular weight is 298 g/mol. The van der Waals surface area contributed by atoms with Gasteiger partial charge in [-0.1, -0.05) is 0 Å². The van der Waals surface area contributed by atoms with Gasteiger partial charge in [-0.2, -0.15) is 0 Å². The average Bonchev–Trinajstić information content (AvgIpc) is 3.13. The van der Waals surface area contributed by atoms with Crippen molar-refractivity contribution >= 4 is 21.5 Å². The number of rotatable bonds is 5. The summed E-state index contributed by atoms with van der Waals surface area (Å²) >= 11 is 0. The van der Waals surface area contributed by atoms with Gasteiger partial charge >= 0.3 is 0 Å². The molecular formula is C13H22N4O2S. The molecule has 0 spiro atoms. The van der Waals surface area contributed by atoms with Gasteiger partial charge in [-0.15, -0.1) is 0 Å². The lowest BCUT2D eigenvalue weighted by molar-refractivity contribution is 0.559. The number of anilines is 2. The topological polar surface area (TPSA) is 98.0 Å². The summed E-state index contributed by atoms with van der Waals surface area (Å²) in [6.07, 6.45) is 3.43. The van der Waals surface area contributed by atoms with E-state index in [0.717, 1.165) is 24.2 Å². The van der Waals surface area contributed by atoms with Crippen LogP contribution >= 0.6 is 0 Å². The fourth-order valence-corrected chi connectivity index (χ4v) is 2.01. The number of hydrogen-bond acceptors (Lipinski definition) is 6. The van der Waals surface area contributed by atoms with Gasteiger partial charge in [0, 0.05) is 24.3 Å². The Bertz CT molecular complexity index is 622. The van der Waals surface area contributed by atoms with Crippen LogP contribution in [0.5, 0.6) is 0 Å². The van der Waals surface area contributed by atoms with E-state index >= 15 is 0 Å². The van der Waals surface area contributed by atoms with Crippen LogP contribution in [-0.2, 0) is 9.84 Å². The Morgan fingerprint density at radius 1 is 1.35 bits per heavy atom. The normalized spacial score (nSPS) is 16.2. The second kappa shape index (κ2) is 4.87. The van der Waals surface area contributed by atoms with Crippen molar-refractivity contribution in [3.8, 4) is 0 Å². The van der Waals surface area contributed by atoms with Gasteiger partial charge in [-0.25, -0.2) is 18.4 Å². The van der Waals surface area contributed by atoms with Crippen LogP contribution in [0.1, 0.15) is 44.0 Å². The molecule has 0 aliphatic heterocycles. The highest BCUT2D eigenvalue weighted by molar-refractivity contribution is 7.92. The van der Waals surface area contributed by atoms with Gasteiger partial charge in [0.15, 0.2) is 9.84 Å². The minimum atomic E-state index is -3.15. The first kappa shape index (κ1) is 15.0. The molecule has 0 saturated heterocycles. The zero-order valence-corrected chi connectivity index (χ0v) is 13.2.